The van der Waals surface area contributed by atoms with E-state index in [9.17, 15) is 4.39 Å². The summed E-state index contributed by atoms with van der Waals surface area (Å²) in [6, 6.07) is 9.02. The van der Waals surface area contributed by atoms with E-state index in [0.29, 0.717) is 11.8 Å². The van der Waals surface area contributed by atoms with Crippen LogP contribution >= 0.6 is 0 Å². The molecule has 6 heteroatoms. The van der Waals surface area contributed by atoms with Crippen LogP contribution in [0.25, 0.3) is 0 Å². The van der Waals surface area contributed by atoms with Crippen molar-refractivity contribution in [2.24, 2.45) is 0 Å². The minimum Gasteiger partial charge on any atom is -0.381 e. The first kappa shape index (κ1) is 17.9. The molecule has 3 aliphatic rings. The van der Waals surface area contributed by atoms with Gasteiger partial charge in [0.05, 0.1) is 0 Å². The van der Waals surface area contributed by atoms with Gasteiger partial charge in [0.1, 0.15) is 17.5 Å². The van der Waals surface area contributed by atoms with E-state index in [2.05, 4.69) is 15.9 Å². The Balaban J connectivity index is 1.33. The van der Waals surface area contributed by atoms with Gasteiger partial charge in [-0.15, -0.1) is 0 Å². The van der Waals surface area contributed by atoms with Crippen LogP contribution in [-0.2, 0) is 4.74 Å². The van der Waals surface area contributed by atoms with Crippen molar-refractivity contribution < 1.29 is 9.13 Å². The quantitative estimate of drug-likeness (QED) is 0.806. The summed E-state index contributed by atoms with van der Waals surface area (Å²) in [6.45, 7) is 5.34. The molecule has 5 rings (SSSR count). The Morgan fingerprint density at radius 1 is 0.821 bits per heavy atom. The van der Waals surface area contributed by atoms with E-state index in [-0.39, 0.29) is 5.82 Å². The molecular weight excluding hydrogens is 355 g/mol. The highest BCUT2D eigenvalue weighted by atomic mass is 19.1. The average Bonchev–Trinajstić information content (AvgIpc) is 3.60. The van der Waals surface area contributed by atoms with Crippen molar-refractivity contribution in [1.29, 1.82) is 0 Å². The van der Waals surface area contributed by atoms with Crippen LogP contribution in [0.3, 0.4) is 0 Å². The standard InChI is InChI=1S/C22H27FN4O/c23-18-3-5-19(6-4-18)26-9-11-27(12-10-26)21-15-20(16-7-13-28-14-8-16)24-22(25-21)17-1-2-17/h3-6,15-17H,1-2,7-14H2. The molecule has 2 saturated heterocycles. The van der Waals surface area contributed by atoms with Crippen molar-refractivity contribution >= 4 is 11.5 Å². The van der Waals surface area contributed by atoms with Crippen LogP contribution in [0.4, 0.5) is 15.9 Å². The van der Waals surface area contributed by atoms with Gasteiger partial charge in [0, 0.05) is 68.7 Å². The molecule has 2 aromatic rings. The monoisotopic (exact) mass is 382 g/mol. The smallest absolute Gasteiger partial charge is 0.134 e. The lowest BCUT2D eigenvalue weighted by Crippen LogP contribution is -2.47. The summed E-state index contributed by atoms with van der Waals surface area (Å²) >= 11 is 0. The molecule has 1 aliphatic carbocycles. The number of ether oxygens (including phenoxy) is 1. The number of halogens is 1. The third-order valence-electron chi connectivity index (χ3n) is 6.13. The Kier molecular flexibility index (Phi) is 4.89. The molecular formula is C22H27FN4O. The van der Waals surface area contributed by atoms with E-state index in [1.54, 1.807) is 0 Å². The van der Waals surface area contributed by atoms with Gasteiger partial charge in [0.25, 0.3) is 0 Å². The number of aromatic nitrogens is 2. The highest BCUT2D eigenvalue weighted by Crippen LogP contribution is 2.40. The van der Waals surface area contributed by atoms with E-state index in [1.165, 1.54) is 30.7 Å². The van der Waals surface area contributed by atoms with Crippen LogP contribution in [0.1, 0.15) is 49.0 Å². The topological polar surface area (TPSA) is 41.5 Å². The molecule has 148 valence electrons. The summed E-state index contributed by atoms with van der Waals surface area (Å²) in [5.74, 6) is 2.99. The number of hydrogen-bond donors (Lipinski definition) is 0. The fourth-order valence-corrected chi connectivity index (χ4v) is 4.21. The first-order chi connectivity index (χ1) is 13.8. The molecule has 1 aromatic carbocycles. The van der Waals surface area contributed by atoms with Crippen molar-refractivity contribution in [3.8, 4) is 0 Å². The van der Waals surface area contributed by atoms with Gasteiger partial charge in [-0.3, -0.25) is 0 Å². The summed E-state index contributed by atoms with van der Waals surface area (Å²) in [4.78, 5) is 14.6. The Morgan fingerprint density at radius 2 is 1.50 bits per heavy atom. The zero-order valence-corrected chi connectivity index (χ0v) is 16.2. The maximum Gasteiger partial charge on any atom is 0.134 e. The third-order valence-corrected chi connectivity index (χ3v) is 6.13. The maximum absolute atomic E-state index is 13.2. The molecule has 2 aliphatic heterocycles. The highest BCUT2D eigenvalue weighted by Gasteiger charge is 2.30. The molecule has 0 N–H and O–H groups in total. The summed E-state index contributed by atoms with van der Waals surface area (Å²) in [5, 5.41) is 0. The first-order valence-electron chi connectivity index (χ1n) is 10.5. The van der Waals surface area contributed by atoms with Crippen LogP contribution in [0.15, 0.2) is 30.3 Å². The Morgan fingerprint density at radius 3 is 2.18 bits per heavy atom. The molecule has 0 unspecified atom stereocenters. The number of piperazine rings is 1. The molecule has 0 amide bonds. The molecule has 1 aromatic heterocycles. The molecule has 1 saturated carbocycles. The molecule has 0 atom stereocenters. The lowest BCUT2D eigenvalue weighted by molar-refractivity contribution is 0.0844. The Labute approximate surface area is 165 Å². The molecule has 28 heavy (non-hydrogen) atoms. The lowest BCUT2D eigenvalue weighted by atomic mass is 9.96. The number of rotatable bonds is 4. The van der Waals surface area contributed by atoms with Crippen molar-refractivity contribution in [2.45, 2.75) is 37.5 Å². The largest absolute Gasteiger partial charge is 0.381 e. The zero-order valence-electron chi connectivity index (χ0n) is 16.2. The molecule has 0 radical (unpaired) electrons. The molecule has 5 nitrogen and oxygen atoms in total. The van der Waals surface area contributed by atoms with Crippen LogP contribution in [0.2, 0.25) is 0 Å². The second-order valence-electron chi connectivity index (χ2n) is 8.12. The van der Waals surface area contributed by atoms with E-state index < -0.39 is 0 Å². The SMILES string of the molecule is Fc1ccc(N2CCN(c3cc(C4CCOCC4)nc(C4CC4)n3)CC2)cc1. The van der Waals surface area contributed by atoms with E-state index in [4.69, 9.17) is 14.7 Å². The lowest BCUT2D eigenvalue weighted by Gasteiger charge is -2.37. The van der Waals surface area contributed by atoms with Crippen molar-refractivity contribution in [3.63, 3.8) is 0 Å². The summed E-state index contributed by atoms with van der Waals surface area (Å²) in [6.07, 6.45) is 4.54. The number of anilines is 2. The Hall–Kier alpha value is -2.21. The minimum atomic E-state index is -0.184. The highest BCUT2D eigenvalue weighted by molar-refractivity contribution is 5.50. The van der Waals surface area contributed by atoms with Gasteiger partial charge in [-0.2, -0.15) is 0 Å². The van der Waals surface area contributed by atoms with Gasteiger partial charge in [-0.25, -0.2) is 14.4 Å². The van der Waals surface area contributed by atoms with Gasteiger partial charge >= 0.3 is 0 Å². The third kappa shape index (κ3) is 3.83. The van der Waals surface area contributed by atoms with E-state index in [1.807, 2.05) is 12.1 Å². The van der Waals surface area contributed by atoms with Crippen LogP contribution in [-0.4, -0.2) is 49.4 Å². The first-order valence-corrected chi connectivity index (χ1v) is 10.5. The van der Waals surface area contributed by atoms with E-state index >= 15 is 0 Å². The molecule has 3 fully saturated rings. The fourth-order valence-electron chi connectivity index (χ4n) is 4.21. The van der Waals surface area contributed by atoms with Crippen molar-refractivity contribution in [3.05, 3.63) is 47.7 Å². The van der Waals surface area contributed by atoms with Gasteiger partial charge in [-0.1, -0.05) is 0 Å². The summed E-state index contributed by atoms with van der Waals surface area (Å²) in [7, 11) is 0. The molecule has 3 heterocycles. The summed E-state index contributed by atoms with van der Waals surface area (Å²) in [5.41, 5.74) is 2.29. The molecule has 0 bridgehead atoms. The maximum atomic E-state index is 13.2. The predicted octanol–water partition coefficient (Wildman–Crippen LogP) is 3.71. The molecule has 0 spiro atoms. The summed E-state index contributed by atoms with van der Waals surface area (Å²) < 4.78 is 18.7. The van der Waals surface area contributed by atoms with Gasteiger partial charge in [0.2, 0.25) is 0 Å². The van der Waals surface area contributed by atoms with Crippen LogP contribution < -0.4 is 9.80 Å². The zero-order chi connectivity index (χ0) is 18.9. The number of nitrogens with zero attached hydrogens (tertiary/aromatic N) is 4. The second-order valence-corrected chi connectivity index (χ2v) is 8.12. The number of benzene rings is 1. The van der Waals surface area contributed by atoms with E-state index in [0.717, 1.165) is 69.6 Å². The fraction of sp³-hybridized carbons (Fsp3) is 0.545. The predicted molar refractivity (Wildman–Crippen MR) is 108 cm³/mol. The minimum absolute atomic E-state index is 0.184. The van der Waals surface area contributed by atoms with Crippen LogP contribution in [0, 0.1) is 5.82 Å². The Bertz CT molecular complexity index is 810. The van der Waals surface area contributed by atoms with Gasteiger partial charge in [-0.05, 0) is 49.9 Å². The normalized spacial score (nSPS) is 21.2. The number of hydrogen-bond acceptors (Lipinski definition) is 5. The average molecular weight is 382 g/mol. The van der Waals surface area contributed by atoms with Gasteiger partial charge < -0.3 is 14.5 Å². The van der Waals surface area contributed by atoms with Crippen molar-refractivity contribution in [2.75, 3.05) is 49.2 Å². The van der Waals surface area contributed by atoms with Gasteiger partial charge in [0.15, 0.2) is 0 Å². The van der Waals surface area contributed by atoms with Crippen LogP contribution in [0.5, 0.6) is 0 Å². The van der Waals surface area contributed by atoms with Crippen molar-refractivity contribution in [1.82, 2.24) is 9.97 Å². The second kappa shape index (κ2) is 7.66.